The molecule has 1 aliphatic heterocycles. The van der Waals surface area contributed by atoms with Crippen LogP contribution in [-0.4, -0.2) is 69.3 Å². The van der Waals surface area contributed by atoms with Crippen LogP contribution in [0.3, 0.4) is 0 Å². The van der Waals surface area contributed by atoms with Gasteiger partial charge in [-0.05, 0) is 30.2 Å². The number of carbonyl (C=O) groups excluding carboxylic acids is 1. The zero-order chi connectivity index (χ0) is 22.5. The average Bonchev–Trinajstić information content (AvgIpc) is 2.67. The summed E-state index contributed by atoms with van der Waals surface area (Å²) in [4.78, 5) is 17.5. The van der Waals surface area contributed by atoms with Crippen molar-refractivity contribution in [2.24, 2.45) is 5.41 Å². The molecule has 1 fully saturated rings. The predicted molar refractivity (Wildman–Crippen MR) is 124 cm³/mol. The van der Waals surface area contributed by atoms with Gasteiger partial charge in [-0.15, -0.1) is 0 Å². The summed E-state index contributed by atoms with van der Waals surface area (Å²) >= 11 is 0. The lowest BCUT2D eigenvalue weighted by Crippen LogP contribution is -2.46. The zero-order valence-electron chi connectivity index (χ0n) is 19.4. The van der Waals surface area contributed by atoms with E-state index in [0.29, 0.717) is 25.2 Å². The van der Waals surface area contributed by atoms with Gasteiger partial charge in [0.25, 0.3) is 0 Å². The molecule has 0 atom stereocenters. The Balaban J connectivity index is 2.40. The molecule has 0 unspecified atom stereocenters. The first-order valence-corrected chi connectivity index (χ1v) is 12.4. The largest absolute Gasteiger partial charge is 0.367 e. The number of amides is 1. The molecule has 1 aliphatic rings. The number of rotatable bonds is 8. The van der Waals surface area contributed by atoms with Crippen molar-refractivity contribution in [3.8, 4) is 0 Å². The van der Waals surface area contributed by atoms with E-state index in [1.807, 2.05) is 40.7 Å². The summed E-state index contributed by atoms with van der Waals surface area (Å²) in [7, 11) is -3.60. The topological polar surface area (TPSA) is 73.0 Å². The lowest BCUT2D eigenvalue weighted by Gasteiger charge is -2.36. The number of hydrogen-bond donors (Lipinski definition) is 1. The second-order valence-electron chi connectivity index (χ2n) is 8.98. The summed E-state index contributed by atoms with van der Waals surface area (Å²) in [5.41, 5.74) is 1.30. The van der Waals surface area contributed by atoms with Gasteiger partial charge in [0, 0.05) is 45.7 Å². The lowest BCUT2D eigenvalue weighted by molar-refractivity contribution is -0.117. The van der Waals surface area contributed by atoms with Crippen LogP contribution in [0.25, 0.3) is 0 Å². The Bertz CT molecular complexity index is 821. The number of anilines is 2. The Morgan fingerprint density at radius 1 is 1.07 bits per heavy atom. The highest BCUT2D eigenvalue weighted by Crippen LogP contribution is 2.32. The van der Waals surface area contributed by atoms with Gasteiger partial charge in [0.05, 0.1) is 16.3 Å². The Morgan fingerprint density at radius 3 is 2.17 bits per heavy atom. The standard InChI is InChI=1S/C22H38N4O3S/c1-7-24-12-14-25(15-13-24)20-11-10-18(30(28,29)26(8-2)9-3)16-19(20)23-21(27)17-22(4,5)6/h10-11,16H,7-9,12-15,17H2,1-6H3,(H,23,27). The summed E-state index contributed by atoms with van der Waals surface area (Å²) in [6, 6.07) is 5.12. The minimum absolute atomic E-state index is 0.103. The molecule has 1 N–H and O–H groups in total. The van der Waals surface area contributed by atoms with Crippen molar-refractivity contribution in [3.63, 3.8) is 0 Å². The number of benzene rings is 1. The molecule has 1 aromatic carbocycles. The van der Waals surface area contributed by atoms with Gasteiger partial charge in [-0.2, -0.15) is 4.31 Å². The molecule has 1 heterocycles. The summed E-state index contributed by atoms with van der Waals surface area (Å²) in [5, 5.41) is 3.00. The van der Waals surface area contributed by atoms with Crippen molar-refractivity contribution in [2.45, 2.75) is 52.9 Å². The van der Waals surface area contributed by atoms with Crippen LogP contribution in [0.4, 0.5) is 11.4 Å². The summed E-state index contributed by atoms with van der Waals surface area (Å²) < 4.78 is 27.5. The minimum Gasteiger partial charge on any atom is -0.367 e. The Morgan fingerprint density at radius 2 is 1.67 bits per heavy atom. The second-order valence-corrected chi connectivity index (χ2v) is 10.9. The quantitative estimate of drug-likeness (QED) is 0.675. The van der Waals surface area contributed by atoms with E-state index in [2.05, 4.69) is 22.0 Å². The van der Waals surface area contributed by atoms with Gasteiger partial charge in [0.2, 0.25) is 15.9 Å². The maximum atomic E-state index is 13.0. The molecule has 7 nitrogen and oxygen atoms in total. The third kappa shape index (κ3) is 6.18. The molecule has 8 heteroatoms. The van der Waals surface area contributed by atoms with Gasteiger partial charge < -0.3 is 15.1 Å². The molecule has 170 valence electrons. The molecule has 2 rings (SSSR count). The Kier molecular flexibility index (Phi) is 8.30. The molecule has 0 spiro atoms. The number of carbonyl (C=O) groups is 1. The van der Waals surface area contributed by atoms with E-state index < -0.39 is 10.0 Å². The molecular formula is C22H38N4O3S. The van der Waals surface area contributed by atoms with Crippen LogP contribution in [0.15, 0.2) is 23.1 Å². The van der Waals surface area contributed by atoms with Crippen molar-refractivity contribution >= 4 is 27.3 Å². The van der Waals surface area contributed by atoms with E-state index in [1.54, 1.807) is 12.1 Å². The van der Waals surface area contributed by atoms with Gasteiger partial charge >= 0.3 is 0 Å². The molecule has 1 amide bonds. The molecule has 0 aliphatic carbocycles. The third-order valence-electron chi connectivity index (χ3n) is 5.44. The SMILES string of the molecule is CCN1CCN(c2ccc(S(=O)(=O)N(CC)CC)cc2NC(=O)CC(C)(C)C)CC1. The highest BCUT2D eigenvalue weighted by atomic mass is 32.2. The number of sulfonamides is 1. The first-order valence-electron chi connectivity index (χ1n) is 10.9. The monoisotopic (exact) mass is 438 g/mol. The van der Waals surface area contributed by atoms with Crippen LogP contribution < -0.4 is 10.2 Å². The van der Waals surface area contributed by atoms with Crippen LogP contribution in [0.1, 0.15) is 48.0 Å². The highest BCUT2D eigenvalue weighted by molar-refractivity contribution is 7.89. The number of hydrogen-bond acceptors (Lipinski definition) is 5. The molecule has 30 heavy (non-hydrogen) atoms. The van der Waals surface area contributed by atoms with Crippen LogP contribution >= 0.6 is 0 Å². The van der Waals surface area contributed by atoms with Gasteiger partial charge in [-0.3, -0.25) is 4.79 Å². The van der Waals surface area contributed by atoms with Crippen LogP contribution in [0.5, 0.6) is 0 Å². The van der Waals surface area contributed by atoms with E-state index in [-0.39, 0.29) is 16.2 Å². The highest BCUT2D eigenvalue weighted by Gasteiger charge is 2.26. The normalized spacial score (nSPS) is 16.2. The molecular weight excluding hydrogens is 400 g/mol. The molecule has 0 bridgehead atoms. The molecule has 0 saturated carbocycles. The Hall–Kier alpha value is -1.64. The summed E-state index contributed by atoms with van der Waals surface area (Å²) in [6.07, 6.45) is 0.364. The minimum atomic E-state index is -3.60. The molecule has 1 aromatic rings. The number of nitrogens with one attached hydrogen (secondary N) is 1. The maximum absolute atomic E-state index is 13.0. The lowest BCUT2D eigenvalue weighted by atomic mass is 9.92. The van der Waals surface area contributed by atoms with E-state index in [9.17, 15) is 13.2 Å². The van der Waals surface area contributed by atoms with E-state index in [0.717, 1.165) is 38.4 Å². The van der Waals surface area contributed by atoms with Crippen molar-refractivity contribution in [1.82, 2.24) is 9.21 Å². The first kappa shape index (κ1) is 24.6. The summed E-state index contributed by atoms with van der Waals surface area (Å²) in [6.45, 7) is 17.3. The number of nitrogens with zero attached hydrogens (tertiary/aromatic N) is 3. The molecule has 0 radical (unpaired) electrons. The van der Waals surface area contributed by atoms with Gasteiger partial charge in [-0.1, -0.05) is 41.5 Å². The first-order chi connectivity index (χ1) is 14.0. The van der Waals surface area contributed by atoms with Crippen molar-refractivity contribution in [3.05, 3.63) is 18.2 Å². The third-order valence-corrected chi connectivity index (χ3v) is 7.48. The fraction of sp³-hybridized carbons (Fsp3) is 0.682. The predicted octanol–water partition coefficient (Wildman–Crippen LogP) is 3.23. The van der Waals surface area contributed by atoms with E-state index in [4.69, 9.17) is 0 Å². The molecule has 0 aromatic heterocycles. The number of likely N-dealkylation sites (N-methyl/N-ethyl adjacent to an activating group) is 1. The smallest absolute Gasteiger partial charge is 0.243 e. The number of piperazine rings is 1. The zero-order valence-corrected chi connectivity index (χ0v) is 20.2. The Labute approximate surface area is 182 Å². The second kappa shape index (κ2) is 10.1. The average molecular weight is 439 g/mol. The van der Waals surface area contributed by atoms with Crippen LogP contribution in [0, 0.1) is 5.41 Å². The van der Waals surface area contributed by atoms with Gasteiger partial charge in [0.15, 0.2) is 0 Å². The fourth-order valence-corrected chi connectivity index (χ4v) is 5.23. The van der Waals surface area contributed by atoms with Gasteiger partial charge in [0.1, 0.15) is 0 Å². The van der Waals surface area contributed by atoms with Crippen molar-refractivity contribution in [2.75, 3.05) is 56.0 Å². The molecule has 1 saturated heterocycles. The fourth-order valence-electron chi connectivity index (χ4n) is 3.75. The van der Waals surface area contributed by atoms with Crippen LogP contribution in [0.2, 0.25) is 0 Å². The van der Waals surface area contributed by atoms with E-state index >= 15 is 0 Å². The summed E-state index contributed by atoms with van der Waals surface area (Å²) in [5.74, 6) is -0.103. The van der Waals surface area contributed by atoms with Gasteiger partial charge in [-0.25, -0.2) is 8.42 Å². The van der Waals surface area contributed by atoms with Crippen LogP contribution in [-0.2, 0) is 14.8 Å². The van der Waals surface area contributed by atoms with Crippen molar-refractivity contribution < 1.29 is 13.2 Å². The van der Waals surface area contributed by atoms with Crippen molar-refractivity contribution in [1.29, 1.82) is 0 Å². The van der Waals surface area contributed by atoms with E-state index in [1.165, 1.54) is 4.31 Å². The maximum Gasteiger partial charge on any atom is 0.243 e.